The van der Waals surface area contributed by atoms with Crippen LogP contribution in [-0.4, -0.2) is 27.7 Å². The number of fused-ring (bicyclic) bond motifs is 5. The molecule has 0 spiro atoms. The molecule has 4 aliphatic carbocycles. The molecule has 0 amide bonds. The number of hydrogen-bond donors (Lipinski definition) is 2. The van der Waals surface area contributed by atoms with Gasteiger partial charge in [-0.05, 0) is 85.4 Å². The minimum atomic E-state index is -1.32. The Balaban J connectivity index is 1.57. The summed E-state index contributed by atoms with van der Waals surface area (Å²) in [6.45, 7) is 14.0. The molecule has 0 saturated heterocycles. The molecule has 3 nitrogen and oxygen atoms in total. The van der Waals surface area contributed by atoms with Crippen molar-refractivity contribution in [2.75, 3.05) is 0 Å². The topological polar surface area (TPSA) is 57.5 Å². The second-order valence-corrected chi connectivity index (χ2v) is 12.8. The molecule has 0 aromatic heterocycles. The van der Waals surface area contributed by atoms with Gasteiger partial charge in [0.05, 0.1) is 6.10 Å². The van der Waals surface area contributed by atoms with E-state index in [2.05, 4.69) is 53.7 Å². The summed E-state index contributed by atoms with van der Waals surface area (Å²) in [7, 11) is 0. The van der Waals surface area contributed by atoms with E-state index in [0.717, 1.165) is 19.3 Å². The fourth-order valence-electron chi connectivity index (χ4n) is 8.63. The summed E-state index contributed by atoms with van der Waals surface area (Å²) < 4.78 is 0. The third-order valence-corrected chi connectivity index (χ3v) is 11.1. The van der Waals surface area contributed by atoms with E-state index in [1.165, 1.54) is 19.3 Å². The molecule has 31 heavy (non-hydrogen) atoms. The van der Waals surface area contributed by atoms with E-state index in [1.807, 2.05) is 0 Å². The average molecular weight is 431 g/mol. The Morgan fingerprint density at radius 1 is 0.968 bits per heavy atom. The van der Waals surface area contributed by atoms with Gasteiger partial charge in [-0.3, -0.25) is 4.79 Å². The molecular weight excluding hydrogens is 384 g/mol. The maximum absolute atomic E-state index is 13.3. The van der Waals surface area contributed by atoms with Crippen LogP contribution < -0.4 is 0 Å². The average Bonchev–Trinajstić information content (AvgIpc) is 3.05. The van der Waals surface area contributed by atoms with Crippen LogP contribution in [0, 0.1) is 52.3 Å². The van der Waals surface area contributed by atoms with Crippen LogP contribution in [-0.2, 0) is 4.79 Å². The van der Waals surface area contributed by atoms with Gasteiger partial charge in [0.15, 0.2) is 5.78 Å². The van der Waals surface area contributed by atoms with Gasteiger partial charge in [-0.25, -0.2) is 0 Å². The van der Waals surface area contributed by atoms with Crippen molar-refractivity contribution < 1.29 is 15.0 Å². The maximum Gasteiger partial charge on any atom is 0.165 e. The number of aliphatic hydroxyl groups excluding tert-OH is 1. The van der Waals surface area contributed by atoms with Gasteiger partial charge in [0.1, 0.15) is 5.60 Å². The lowest BCUT2D eigenvalue weighted by molar-refractivity contribution is -0.213. The largest absolute Gasteiger partial charge is 0.393 e. The molecule has 5 unspecified atom stereocenters. The first-order chi connectivity index (χ1) is 14.4. The van der Waals surface area contributed by atoms with E-state index in [-0.39, 0.29) is 17.6 Å². The monoisotopic (exact) mass is 430 g/mol. The van der Waals surface area contributed by atoms with Crippen LogP contribution >= 0.6 is 0 Å². The van der Waals surface area contributed by atoms with Gasteiger partial charge in [-0.2, -0.15) is 0 Å². The van der Waals surface area contributed by atoms with Gasteiger partial charge >= 0.3 is 0 Å². The standard InChI is InChI=1S/C28H46O3/c1-17(2)18(3)7-8-19(4)22-9-10-23-21-15-25(30)28(31)16-20(29)11-14-27(28,6)24(21)12-13-26(22,23)5/h7-8,17-24,29,31H,9-16H2,1-6H3/b8-7+/t18?,19-,20+,21?,22?,23?,24?,26-,27-,28+/m1/s1. The molecule has 176 valence electrons. The van der Waals surface area contributed by atoms with Crippen LogP contribution in [0.2, 0.25) is 0 Å². The molecule has 4 aliphatic rings. The van der Waals surface area contributed by atoms with E-state index in [9.17, 15) is 15.0 Å². The molecule has 4 saturated carbocycles. The summed E-state index contributed by atoms with van der Waals surface area (Å²) in [6, 6.07) is 0. The normalized spacial score (nSPS) is 49.6. The van der Waals surface area contributed by atoms with Gasteiger partial charge < -0.3 is 10.2 Å². The highest BCUT2D eigenvalue weighted by Gasteiger charge is 2.67. The molecule has 4 fully saturated rings. The fourth-order valence-corrected chi connectivity index (χ4v) is 8.63. The van der Waals surface area contributed by atoms with Crippen molar-refractivity contribution in [3.63, 3.8) is 0 Å². The van der Waals surface area contributed by atoms with Gasteiger partial charge in [-0.1, -0.05) is 53.7 Å². The zero-order chi connectivity index (χ0) is 22.8. The van der Waals surface area contributed by atoms with Crippen LogP contribution in [0.25, 0.3) is 0 Å². The number of hydrogen-bond acceptors (Lipinski definition) is 3. The summed E-state index contributed by atoms with van der Waals surface area (Å²) >= 11 is 0. The van der Waals surface area contributed by atoms with Crippen LogP contribution in [0.5, 0.6) is 0 Å². The first-order valence-corrected chi connectivity index (χ1v) is 13.1. The number of Topliss-reactive ketones (excluding diaryl/α,β-unsaturated/α-hetero) is 1. The Labute approximate surface area is 190 Å². The molecule has 3 heteroatoms. The van der Waals surface area contributed by atoms with Crippen molar-refractivity contribution >= 4 is 5.78 Å². The van der Waals surface area contributed by atoms with Gasteiger partial charge in [0.25, 0.3) is 0 Å². The second-order valence-electron chi connectivity index (χ2n) is 12.8. The second kappa shape index (κ2) is 7.97. The highest BCUT2D eigenvalue weighted by Crippen LogP contribution is 2.68. The molecule has 10 atom stereocenters. The minimum absolute atomic E-state index is 0.0152. The number of ketones is 1. The highest BCUT2D eigenvalue weighted by molar-refractivity contribution is 5.89. The van der Waals surface area contributed by atoms with Crippen LogP contribution in [0.3, 0.4) is 0 Å². The van der Waals surface area contributed by atoms with E-state index in [1.54, 1.807) is 0 Å². The lowest BCUT2D eigenvalue weighted by atomic mass is 9.42. The quantitative estimate of drug-likeness (QED) is 0.556. The SMILES string of the molecule is CC(C)C(C)/C=C/[C@@H](C)C1CCC2C3CC(=O)[C@@]4(O)C[C@@H](O)CC[C@]4(C)C3CC[C@@]21C. The number of carbonyl (C=O) groups is 1. The molecule has 2 N–H and O–H groups in total. The minimum Gasteiger partial charge on any atom is -0.393 e. The Kier molecular flexibility index (Phi) is 6.04. The Morgan fingerprint density at radius 2 is 1.68 bits per heavy atom. The lowest BCUT2D eigenvalue weighted by Gasteiger charge is -2.63. The number of aliphatic hydroxyl groups is 2. The molecule has 0 radical (unpaired) electrons. The van der Waals surface area contributed by atoms with Crippen LogP contribution in [0.4, 0.5) is 0 Å². The van der Waals surface area contributed by atoms with Crippen molar-refractivity contribution in [3.05, 3.63) is 12.2 Å². The summed E-state index contributed by atoms with van der Waals surface area (Å²) in [6.07, 6.45) is 11.4. The summed E-state index contributed by atoms with van der Waals surface area (Å²) in [5, 5.41) is 21.8. The van der Waals surface area contributed by atoms with E-state index in [0.29, 0.717) is 53.3 Å². The summed E-state index contributed by atoms with van der Waals surface area (Å²) in [4.78, 5) is 13.3. The predicted molar refractivity (Wildman–Crippen MR) is 125 cm³/mol. The summed E-state index contributed by atoms with van der Waals surface area (Å²) in [5.74, 6) is 3.96. The van der Waals surface area contributed by atoms with Crippen molar-refractivity contribution in [1.29, 1.82) is 0 Å². The zero-order valence-electron chi connectivity index (χ0n) is 20.7. The smallest absolute Gasteiger partial charge is 0.165 e. The summed E-state index contributed by atoms with van der Waals surface area (Å²) in [5.41, 5.74) is -1.39. The molecule has 0 aromatic rings. The van der Waals surface area contributed by atoms with Crippen LogP contribution in [0.1, 0.15) is 92.9 Å². The van der Waals surface area contributed by atoms with Crippen molar-refractivity contribution in [2.45, 2.75) is 105 Å². The third kappa shape index (κ3) is 3.48. The van der Waals surface area contributed by atoms with Crippen molar-refractivity contribution in [2.24, 2.45) is 52.3 Å². The van der Waals surface area contributed by atoms with E-state index >= 15 is 0 Å². The highest BCUT2D eigenvalue weighted by atomic mass is 16.3. The number of rotatable bonds is 4. The molecule has 4 rings (SSSR count). The molecule has 0 bridgehead atoms. The Hall–Kier alpha value is -0.670. The number of allylic oxidation sites excluding steroid dienone is 2. The Morgan fingerprint density at radius 3 is 2.35 bits per heavy atom. The zero-order valence-corrected chi connectivity index (χ0v) is 20.7. The van der Waals surface area contributed by atoms with Gasteiger partial charge in [0.2, 0.25) is 0 Å². The van der Waals surface area contributed by atoms with Crippen molar-refractivity contribution in [1.82, 2.24) is 0 Å². The maximum atomic E-state index is 13.3. The fraction of sp³-hybridized carbons (Fsp3) is 0.893. The van der Waals surface area contributed by atoms with E-state index < -0.39 is 11.7 Å². The lowest BCUT2D eigenvalue weighted by Crippen LogP contribution is -2.67. The molecular formula is C28H46O3. The van der Waals surface area contributed by atoms with Crippen molar-refractivity contribution in [3.8, 4) is 0 Å². The Bertz CT molecular complexity index is 728. The molecule has 0 aliphatic heterocycles. The first-order valence-electron chi connectivity index (χ1n) is 13.1. The predicted octanol–water partition coefficient (Wildman–Crippen LogP) is 5.78. The van der Waals surface area contributed by atoms with Gasteiger partial charge in [0, 0.05) is 18.3 Å². The van der Waals surface area contributed by atoms with Crippen LogP contribution in [0.15, 0.2) is 12.2 Å². The van der Waals surface area contributed by atoms with Gasteiger partial charge in [-0.15, -0.1) is 0 Å². The van der Waals surface area contributed by atoms with E-state index in [4.69, 9.17) is 0 Å². The first kappa shape index (κ1) is 23.5. The number of carbonyl (C=O) groups excluding carboxylic acids is 1. The molecule has 0 heterocycles. The molecule has 0 aromatic carbocycles. The third-order valence-electron chi connectivity index (χ3n) is 11.1.